The summed E-state index contributed by atoms with van der Waals surface area (Å²) in [5, 5.41) is 11.3. The van der Waals surface area contributed by atoms with Crippen LogP contribution in [-0.2, 0) is 11.3 Å². The number of thioether (sulfide) groups is 1. The highest BCUT2D eigenvalue weighted by Gasteiger charge is 2.34. The van der Waals surface area contributed by atoms with Gasteiger partial charge in [-0.3, -0.25) is 9.69 Å². The molecule has 4 rings (SSSR count). The summed E-state index contributed by atoms with van der Waals surface area (Å²) in [6.07, 6.45) is 3.18. The van der Waals surface area contributed by atoms with Gasteiger partial charge in [-0.25, -0.2) is 4.99 Å². The molecule has 1 N–H and O–H groups in total. The van der Waals surface area contributed by atoms with Gasteiger partial charge in [-0.1, -0.05) is 29.8 Å². The number of aromatic hydroxyl groups is 1. The minimum absolute atomic E-state index is 0.0151. The molecule has 0 unspecified atom stereocenters. The molecule has 1 aliphatic rings. The number of amidine groups is 1. The molecule has 1 amide bonds. The summed E-state index contributed by atoms with van der Waals surface area (Å²) in [4.78, 5) is 19.7. The standard InChI is InChI=1S/C21H14BrClN2O3S/c22-17-11-14(23)9-13(19(17)26)10-18-20(27)25(12-16-7-4-8-28-16)21(29-18)24-15-5-2-1-3-6-15/h1-11,26H,12H2/b18-10-,24-21?. The van der Waals surface area contributed by atoms with Gasteiger partial charge in [-0.2, -0.15) is 0 Å². The van der Waals surface area contributed by atoms with E-state index in [4.69, 9.17) is 16.0 Å². The van der Waals surface area contributed by atoms with Gasteiger partial charge in [0, 0.05) is 10.6 Å². The highest BCUT2D eigenvalue weighted by molar-refractivity contribution is 9.10. The van der Waals surface area contributed by atoms with E-state index in [0.29, 0.717) is 30.9 Å². The molecule has 0 spiro atoms. The number of benzene rings is 2. The first-order valence-corrected chi connectivity index (χ1v) is 10.6. The van der Waals surface area contributed by atoms with E-state index >= 15 is 0 Å². The van der Waals surface area contributed by atoms with Crippen molar-refractivity contribution in [2.75, 3.05) is 0 Å². The van der Waals surface area contributed by atoms with Gasteiger partial charge in [0.15, 0.2) is 5.17 Å². The van der Waals surface area contributed by atoms with Crippen LogP contribution in [0.2, 0.25) is 5.02 Å². The Morgan fingerprint density at radius 1 is 1.21 bits per heavy atom. The Labute approximate surface area is 184 Å². The lowest BCUT2D eigenvalue weighted by molar-refractivity contribution is -0.122. The lowest BCUT2D eigenvalue weighted by Gasteiger charge is -2.13. The number of hydrogen-bond donors (Lipinski definition) is 1. The quantitative estimate of drug-likeness (QED) is 0.443. The minimum Gasteiger partial charge on any atom is -0.506 e. The van der Waals surface area contributed by atoms with E-state index in [0.717, 1.165) is 5.69 Å². The summed E-state index contributed by atoms with van der Waals surface area (Å²) >= 11 is 10.6. The maximum absolute atomic E-state index is 13.1. The zero-order valence-electron chi connectivity index (χ0n) is 14.9. The molecule has 2 aromatic carbocycles. The van der Waals surface area contributed by atoms with Crippen LogP contribution in [0.25, 0.3) is 6.08 Å². The van der Waals surface area contributed by atoms with Crippen LogP contribution < -0.4 is 0 Å². The van der Waals surface area contributed by atoms with E-state index in [-0.39, 0.29) is 18.2 Å². The number of furan rings is 1. The van der Waals surface area contributed by atoms with Crippen molar-refractivity contribution in [3.05, 3.63) is 86.6 Å². The first-order chi connectivity index (χ1) is 14.0. The van der Waals surface area contributed by atoms with E-state index in [2.05, 4.69) is 20.9 Å². The van der Waals surface area contributed by atoms with Crippen LogP contribution in [0.5, 0.6) is 5.75 Å². The van der Waals surface area contributed by atoms with Gasteiger partial charge in [-0.15, -0.1) is 0 Å². The number of aliphatic imine (C=N–C) groups is 1. The predicted molar refractivity (Wildman–Crippen MR) is 119 cm³/mol. The maximum atomic E-state index is 13.1. The second-order valence-electron chi connectivity index (χ2n) is 6.14. The molecular formula is C21H14BrClN2O3S. The fourth-order valence-electron chi connectivity index (χ4n) is 2.74. The zero-order chi connectivity index (χ0) is 20.4. The highest BCUT2D eigenvalue weighted by atomic mass is 79.9. The average molecular weight is 490 g/mol. The second-order valence-corrected chi connectivity index (χ2v) is 8.44. The summed E-state index contributed by atoms with van der Waals surface area (Å²) in [5.41, 5.74) is 1.18. The number of rotatable bonds is 4. The van der Waals surface area contributed by atoms with Crippen LogP contribution in [0.15, 0.2) is 79.6 Å². The van der Waals surface area contributed by atoms with Gasteiger partial charge in [-0.05, 0) is 70.2 Å². The third-order valence-corrected chi connectivity index (χ3v) is 5.94. The molecular weight excluding hydrogens is 476 g/mol. The normalized spacial score (nSPS) is 16.9. The Hall–Kier alpha value is -2.48. The molecule has 2 heterocycles. The van der Waals surface area contributed by atoms with E-state index in [9.17, 15) is 9.90 Å². The lowest BCUT2D eigenvalue weighted by atomic mass is 10.2. The largest absolute Gasteiger partial charge is 0.506 e. The Kier molecular flexibility index (Phi) is 5.80. The van der Waals surface area contributed by atoms with Crippen LogP contribution in [0, 0.1) is 0 Å². The topological polar surface area (TPSA) is 66.0 Å². The number of para-hydroxylation sites is 1. The molecule has 1 aliphatic heterocycles. The number of halogens is 2. The number of amides is 1. The molecule has 1 saturated heterocycles. The number of carbonyl (C=O) groups is 1. The zero-order valence-corrected chi connectivity index (χ0v) is 18.0. The van der Waals surface area contributed by atoms with Crippen molar-refractivity contribution in [1.82, 2.24) is 4.90 Å². The van der Waals surface area contributed by atoms with Crippen LogP contribution in [0.3, 0.4) is 0 Å². The highest BCUT2D eigenvalue weighted by Crippen LogP contribution is 2.38. The molecule has 8 heteroatoms. The van der Waals surface area contributed by atoms with Crippen molar-refractivity contribution < 1.29 is 14.3 Å². The van der Waals surface area contributed by atoms with Crippen molar-refractivity contribution >= 4 is 62.1 Å². The Morgan fingerprint density at radius 3 is 2.72 bits per heavy atom. The fraction of sp³-hybridized carbons (Fsp3) is 0.0476. The van der Waals surface area contributed by atoms with Gasteiger partial charge in [0.1, 0.15) is 11.5 Å². The third kappa shape index (κ3) is 4.42. The molecule has 1 aromatic heterocycles. The van der Waals surface area contributed by atoms with E-state index in [1.165, 1.54) is 11.8 Å². The molecule has 3 aromatic rings. The Balaban J connectivity index is 1.74. The van der Waals surface area contributed by atoms with Gasteiger partial charge in [0.25, 0.3) is 5.91 Å². The lowest BCUT2D eigenvalue weighted by Crippen LogP contribution is -2.28. The molecule has 0 saturated carbocycles. The summed E-state index contributed by atoms with van der Waals surface area (Å²) in [6, 6.07) is 16.2. The van der Waals surface area contributed by atoms with Gasteiger partial charge in [0.05, 0.1) is 27.9 Å². The summed E-state index contributed by atoms with van der Waals surface area (Å²) in [5.74, 6) is 0.437. The number of hydrogen-bond acceptors (Lipinski definition) is 5. The van der Waals surface area contributed by atoms with Crippen LogP contribution in [0.1, 0.15) is 11.3 Å². The monoisotopic (exact) mass is 488 g/mol. The SMILES string of the molecule is O=C1/C(=C/c2cc(Cl)cc(Br)c2O)SC(=Nc2ccccc2)N1Cc1ccco1. The molecule has 5 nitrogen and oxygen atoms in total. The molecule has 0 radical (unpaired) electrons. The molecule has 0 atom stereocenters. The Bertz CT molecular complexity index is 1110. The predicted octanol–water partition coefficient (Wildman–Crippen LogP) is 6.21. The number of phenolic OH excluding ortho intramolecular Hbond substituents is 1. The Morgan fingerprint density at radius 2 is 2.00 bits per heavy atom. The van der Waals surface area contributed by atoms with Crippen molar-refractivity contribution in [3.8, 4) is 5.75 Å². The van der Waals surface area contributed by atoms with E-state index < -0.39 is 0 Å². The van der Waals surface area contributed by atoms with Gasteiger partial charge >= 0.3 is 0 Å². The number of phenols is 1. The fourth-order valence-corrected chi connectivity index (χ4v) is 4.56. The number of carbonyl (C=O) groups excluding carboxylic acids is 1. The van der Waals surface area contributed by atoms with Crippen molar-refractivity contribution in [2.45, 2.75) is 6.54 Å². The first kappa shape index (κ1) is 19.8. The minimum atomic E-state index is -0.225. The van der Waals surface area contributed by atoms with Crippen molar-refractivity contribution in [1.29, 1.82) is 0 Å². The molecule has 0 bridgehead atoms. The summed E-state index contributed by atoms with van der Waals surface area (Å²) < 4.78 is 5.86. The molecule has 1 fully saturated rings. The van der Waals surface area contributed by atoms with E-state index in [1.54, 1.807) is 41.5 Å². The second kappa shape index (κ2) is 8.49. The van der Waals surface area contributed by atoms with Crippen LogP contribution in [0.4, 0.5) is 5.69 Å². The van der Waals surface area contributed by atoms with Crippen LogP contribution in [-0.4, -0.2) is 21.1 Å². The smallest absolute Gasteiger partial charge is 0.267 e. The average Bonchev–Trinajstić information content (AvgIpc) is 3.31. The van der Waals surface area contributed by atoms with Crippen LogP contribution >= 0.6 is 39.3 Å². The van der Waals surface area contributed by atoms with Crippen molar-refractivity contribution in [2.24, 2.45) is 4.99 Å². The van der Waals surface area contributed by atoms with Gasteiger partial charge in [0.2, 0.25) is 0 Å². The number of nitrogens with zero attached hydrogens (tertiary/aromatic N) is 2. The van der Waals surface area contributed by atoms with Gasteiger partial charge < -0.3 is 9.52 Å². The maximum Gasteiger partial charge on any atom is 0.267 e. The molecule has 0 aliphatic carbocycles. The molecule has 146 valence electrons. The molecule has 29 heavy (non-hydrogen) atoms. The van der Waals surface area contributed by atoms with Crippen molar-refractivity contribution in [3.63, 3.8) is 0 Å². The summed E-state index contributed by atoms with van der Waals surface area (Å²) in [6.45, 7) is 0.257. The third-order valence-electron chi connectivity index (χ3n) is 4.11. The van der Waals surface area contributed by atoms with E-state index in [1.807, 2.05) is 30.3 Å². The first-order valence-electron chi connectivity index (χ1n) is 8.57. The summed E-state index contributed by atoms with van der Waals surface area (Å²) in [7, 11) is 0.